The molecule has 0 radical (unpaired) electrons. The molecule has 1 atom stereocenters. The number of aliphatic hydroxyl groups is 1. The number of aromatic nitrogens is 1. The standard InChI is InChI=1S/C32H31FN2O5S/c1-4-15-39-23-11-8-20(9-12-23)29(36)27-28(21-6-5-7-24(17-21)40-16-14-19(2)3)35(31(38)30(27)37)32-34-25-13-10-22(33)18-26(25)41-32/h5-13,17-19,28,36H,4,14-16H2,1-3H3/b29-27+. The molecule has 1 N–H and O–H groups in total. The predicted octanol–water partition coefficient (Wildman–Crippen LogP) is 7.28. The normalized spacial score (nSPS) is 16.6. The molecule has 0 aliphatic carbocycles. The third-order valence-electron chi connectivity index (χ3n) is 6.73. The number of benzene rings is 3. The molecule has 2 heterocycles. The first kappa shape index (κ1) is 28.3. The molecule has 1 amide bonds. The summed E-state index contributed by atoms with van der Waals surface area (Å²) >= 11 is 1.10. The zero-order valence-electron chi connectivity index (χ0n) is 23.1. The number of aliphatic hydroxyl groups excluding tert-OH is 1. The van der Waals surface area contributed by atoms with Crippen molar-refractivity contribution in [2.45, 2.75) is 39.7 Å². The van der Waals surface area contributed by atoms with Crippen LogP contribution in [0.25, 0.3) is 16.0 Å². The molecule has 0 bridgehead atoms. The molecule has 212 valence electrons. The molecular weight excluding hydrogens is 543 g/mol. The highest BCUT2D eigenvalue weighted by Crippen LogP contribution is 2.45. The van der Waals surface area contributed by atoms with Crippen LogP contribution in [0.4, 0.5) is 9.52 Å². The van der Waals surface area contributed by atoms with Crippen LogP contribution < -0.4 is 14.4 Å². The molecule has 1 saturated heterocycles. The van der Waals surface area contributed by atoms with Gasteiger partial charge in [-0.1, -0.05) is 44.2 Å². The van der Waals surface area contributed by atoms with Crippen molar-refractivity contribution in [3.63, 3.8) is 0 Å². The van der Waals surface area contributed by atoms with Crippen molar-refractivity contribution in [2.24, 2.45) is 5.92 Å². The Morgan fingerprint density at radius 1 is 1.02 bits per heavy atom. The predicted molar refractivity (Wildman–Crippen MR) is 158 cm³/mol. The van der Waals surface area contributed by atoms with E-state index in [2.05, 4.69) is 18.8 Å². The van der Waals surface area contributed by atoms with Gasteiger partial charge in [-0.3, -0.25) is 14.5 Å². The van der Waals surface area contributed by atoms with Gasteiger partial charge in [0.1, 0.15) is 23.1 Å². The zero-order valence-corrected chi connectivity index (χ0v) is 23.9. The van der Waals surface area contributed by atoms with Crippen molar-refractivity contribution >= 4 is 44.1 Å². The van der Waals surface area contributed by atoms with E-state index in [-0.39, 0.29) is 16.5 Å². The number of nitrogens with zero attached hydrogens (tertiary/aromatic N) is 2. The zero-order chi connectivity index (χ0) is 29.1. The maximum absolute atomic E-state index is 13.9. The Bertz CT molecular complexity index is 1610. The molecule has 5 rings (SSSR count). The number of Topliss-reactive ketones (excluding diaryl/α,β-unsaturated/α-hetero) is 1. The number of hydrogen-bond donors (Lipinski definition) is 1. The number of ketones is 1. The third-order valence-corrected chi connectivity index (χ3v) is 7.75. The van der Waals surface area contributed by atoms with E-state index in [0.29, 0.717) is 52.0 Å². The summed E-state index contributed by atoms with van der Waals surface area (Å²) in [7, 11) is 0. The Hall–Kier alpha value is -4.24. The SMILES string of the molecule is CCCOc1ccc(/C(O)=C2\C(=O)C(=O)N(c3nc4ccc(F)cc4s3)C2c2cccc(OCCC(C)C)c2)cc1. The average molecular weight is 575 g/mol. The number of fused-ring (bicyclic) bond motifs is 1. The molecule has 1 fully saturated rings. The van der Waals surface area contributed by atoms with Crippen LogP contribution in [0.2, 0.25) is 0 Å². The van der Waals surface area contributed by atoms with Crippen molar-refractivity contribution in [1.82, 2.24) is 4.98 Å². The second-order valence-electron chi connectivity index (χ2n) is 10.3. The number of halogens is 1. The largest absolute Gasteiger partial charge is 0.507 e. The lowest BCUT2D eigenvalue weighted by Crippen LogP contribution is -2.29. The average Bonchev–Trinajstić information content (AvgIpc) is 3.49. The van der Waals surface area contributed by atoms with Crippen LogP contribution in [-0.2, 0) is 9.59 Å². The number of thiazole rings is 1. The Kier molecular flexibility index (Phi) is 8.35. The fourth-order valence-corrected chi connectivity index (χ4v) is 5.62. The topological polar surface area (TPSA) is 89.0 Å². The molecule has 1 aromatic heterocycles. The molecule has 0 saturated carbocycles. The maximum atomic E-state index is 13.9. The molecule has 0 spiro atoms. The number of anilines is 1. The van der Waals surface area contributed by atoms with E-state index in [1.165, 1.54) is 23.1 Å². The van der Waals surface area contributed by atoms with Crippen LogP contribution in [0.5, 0.6) is 11.5 Å². The van der Waals surface area contributed by atoms with Crippen molar-refractivity contribution in [1.29, 1.82) is 0 Å². The van der Waals surface area contributed by atoms with E-state index in [1.807, 2.05) is 13.0 Å². The maximum Gasteiger partial charge on any atom is 0.301 e. The summed E-state index contributed by atoms with van der Waals surface area (Å²) in [6.45, 7) is 7.29. The van der Waals surface area contributed by atoms with E-state index >= 15 is 0 Å². The minimum Gasteiger partial charge on any atom is -0.507 e. The quantitative estimate of drug-likeness (QED) is 0.122. The van der Waals surface area contributed by atoms with Gasteiger partial charge in [0.15, 0.2) is 5.13 Å². The van der Waals surface area contributed by atoms with Crippen LogP contribution in [0.15, 0.2) is 72.3 Å². The van der Waals surface area contributed by atoms with Gasteiger partial charge in [0, 0.05) is 5.56 Å². The lowest BCUT2D eigenvalue weighted by Gasteiger charge is -2.23. The van der Waals surface area contributed by atoms with Gasteiger partial charge in [-0.15, -0.1) is 0 Å². The molecular formula is C32H31FN2O5S. The Morgan fingerprint density at radius 2 is 1.78 bits per heavy atom. The molecule has 9 heteroatoms. The van der Waals surface area contributed by atoms with Crippen LogP contribution in [0.3, 0.4) is 0 Å². The van der Waals surface area contributed by atoms with Crippen LogP contribution in [0, 0.1) is 11.7 Å². The van der Waals surface area contributed by atoms with Crippen LogP contribution in [0.1, 0.15) is 50.8 Å². The van der Waals surface area contributed by atoms with Gasteiger partial charge in [0.2, 0.25) is 0 Å². The highest BCUT2D eigenvalue weighted by molar-refractivity contribution is 7.22. The summed E-state index contributed by atoms with van der Waals surface area (Å²) in [6, 6.07) is 17.0. The van der Waals surface area contributed by atoms with Gasteiger partial charge >= 0.3 is 5.91 Å². The van der Waals surface area contributed by atoms with Gasteiger partial charge < -0.3 is 14.6 Å². The molecule has 7 nitrogen and oxygen atoms in total. The first-order chi connectivity index (χ1) is 19.8. The Balaban J connectivity index is 1.61. The van der Waals surface area contributed by atoms with E-state index in [9.17, 15) is 19.1 Å². The molecule has 1 aliphatic rings. The van der Waals surface area contributed by atoms with E-state index in [0.717, 1.165) is 24.2 Å². The number of amides is 1. The minimum atomic E-state index is -0.981. The smallest absolute Gasteiger partial charge is 0.301 e. The van der Waals surface area contributed by atoms with Gasteiger partial charge in [0.25, 0.3) is 5.78 Å². The summed E-state index contributed by atoms with van der Waals surface area (Å²) in [5.74, 6) is -0.723. The van der Waals surface area contributed by atoms with Crippen molar-refractivity contribution in [3.8, 4) is 11.5 Å². The highest BCUT2D eigenvalue weighted by atomic mass is 32.1. The summed E-state index contributed by atoms with van der Waals surface area (Å²) < 4.78 is 26.1. The van der Waals surface area contributed by atoms with Crippen LogP contribution in [-0.4, -0.2) is 35.0 Å². The molecule has 3 aromatic carbocycles. The second kappa shape index (κ2) is 12.1. The van der Waals surface area contributed by atoms with Crippen molar-refractivity contribution < 1.29 is 28.6 Å². The Morgan fingerprint density at radius 3 is 2.51 bits per heavy atom. The van der Waals surface area contributed by atoms with E-state index < -0.39 is 23.5 Å². The minimum absolute atomic E-state index is 0.0676. The second-order valence-corrected chi connectivity index (χ2v) is 11.3. The summed E-state index contributed by atoms with van der Waals surface area (Å²) in [4.78, 5) is 32.9. The van der Waals surface area contributed by atoms with Gasteiger partial charge in [-0.05, 0) is 78.9 Å². The molecule has 1 aliphatic heterocycles. The van der Waals surface area contributed by atoms with Crippen LogP contribution >= 0.6 is 11.3 Å². The summed E-state index contributed by atoms with van der Waals surface area (Å²) in [5.41, 5.74) is 1.37. The number of rotatable bonds is 10. The summed E-state index contributed by atoms with van der Waals surface area (Å²) in [5, 5.41) is 11.7. The van der Waals surface area contributed by atoms with E-state index in [4.69, 9.17) is 9.47 Å². The number of carbonyl (C=O) groups excluding carboxylic acids is 2. The van der Waals surface area contributed by atoms with Gasteiger partial charge in [-0.2, -0.15) is 0 Å². The number of carbonyl (C=O) groups is 2. The highest BCUT2D eigenvalue weighted by Gasteiger charge is 2.48. The molecule has 41 heavy (non-hydrogen) atoms. The number of hydrogen-bond acceptors (Lipinski definition) is 7. The summed E-state index contributed by atoms with van der Waals surface area (Å²) in [6.07, 6.45) is 1.72. The van der Waals surface area contributed by atoms with E-state index in [1.54, 1.807) is 42.5 Å². The lowest BCUT2D eigenvalue weighted by atomic mass is 9.95. The monoisotopic (exact) mass is 574 g/mol. The Labute approximate surface area is 241 Å². The van der Waals surface area contributed by atoms with Crippen molar-refractivity contribution in [3.05, 3.63) is 89.2 Å². The fourth-order valence-electron chi connectivity index (χ4n) is 4.61. The molecule has 4 aromatic rings. The fraction of sp³-hybridized carbons (Fsp3) is 0.281. The number of ether oxygens (including phenoxy) is 2. The first-order valence-electron chi connectivity index (χ1n) is 13.6. The third kappa shape index (κ3) is 5.95. The van der Waals surface area contributed by atoms with Gasteiger partial charge in [-0.25, -0.2) is 9.37 Å². The molecule has 1 unspecified atom stereocenters. The van der Waals surface area contributed by atoms with Crippen molar-refractivity contribution in [2.75, 3.05) is 18.1 Å². The first-order valence-corrected chi connectivity index (χ1v) is 14.4. The van der Waals surface area contributed by atoms with Gasteiger partial charge in [0.05, 0.1) is 35.0 Å². The lowest BCUT2D eigenvalue weighted by molar-refractivity contribution is -0.132.